The minimum absolute atomic E-state index is 0.165. The van der Waals surface area contributed by atoms with E-state index >= 15 is 0 Å². The smallest absolute Gasteiger partial charge is 0.0636 e. The largest absolute Gasteiger partial charge is 0.377 e. The highest BCUT2D eigenvalue weighted by atomic mass is 14.9. The molecule has 0 bridgehead atoms. The summed E-state index contributed by atoms with van der Waals surface area (Å²) in [5.41, 5.74) is 9.42. The molecule has 88 valence electrons. The zero-order valence-corrected chi connectivity index (χ0v) is 10.1. The highest BCUT2D eigenvalue weighted by Gasteiger charge is 2.08. The number of nitrogens with two attached hydrogens (primary N) is 1. The van der Waals surface area contributed by atoms with E-state index in [4.69, 9.17) is 5.73 Å². The number of benzene rings is 2. The lowest BCUT2D eigenvalue weighted by Crippen LogP contribution is -2.20. The molecule has 0 aliphatic rings. The van der Waals surface area contributed by atoms with Crippen molar-refractivity contribution >= 4 is 5.69 Å². The van der Waals surface area contributed by atoms with Crippen molar-refractivity contribution in [3.63, 3.8) is 0 Å². The van der Waals surface area contributed by atoms with Crippen molar-refractivity contribution in [1.82, 2.24) is 0 Å². The Balaban J connectivity index is 2.14. The van der Waals surface area contributed by atoms with Gasteiger partial charge in [0, 0.05) is 12.2 Å². The molecule has 2 aromatic carbocycles. The second kappa shape index (κ2) is 5.51. The first kappa shape index (κ1) is 11.7. The van der Waals surface area contributed by atoms with Gasteiger partial charge in [0.05, 0.1) is 6.04 Å². The number of hydrogen-bond acceptors (Lipinski definition) is 2. The average Bonchev–Trinajstić information content (AvgIpc) is 2.38. The Morgan fingerprint density at radius 3 is 2.24 bits per heavy atom. The monoisotopic (exact) mass is 226 g/mol. The fourth-order valence-electron chi connectivity index (χ4n) is 1.81. The normalized spacial score (nSPS) is 12.1. The van der Waals surface area contributed by atoms with Crippen molar-refractivity contribution in [1.29, 1.82) is 0 Å². The van der Waals surface area contributed by atoms with Crippen LogP contribution in [0.1, 0.15) is 17.2 Å². The predicted octanol–water partition coefficient (Wildman–Crippen LogP) is 3.11. The van der Waals surface area contributed by atoms with E-state index in [-0.39, 0.29) is 6.04 Å². The minimum Gasteiger partial charge on any atom is -0.377 e. The molecule has 0 saturated heterocycles. The van der Waals surface area contributed by atoms with Crippen LogP contribution in [-0.2, 0) is 0 Å². The maximum Gasteiger partial charge on any atom is 0.0636 e. The molecular weight excluding hydrogens is 208 g/mol. The summed E-state index contributed by atoms with van der Waals surface area (Å²) in [7, 11) is 0. The fraction of sp³-hybridized carbons (Fsp3) is 0.200. The van der Waals surface area contributed by atoms with Crippen LogP contribution in [0.25, 0.3) is 0 Å². The van der Waals surface area contributed by atoms with E-state index in [0.29, 0.717) is 6.54 Å². The summed E-state index contributed by atoms with van der Waals surface area (Å²) in [5.74, 6) is 0. The third kappa shape index (κ3) is 3.08. The van der Waals surface area contributed by atoms with Gasteiger partial charge in [-0.2, -0.15) is 0 Å². The lowest BCUT2D eigenvalue weighted by Gasteiger charge is -2.18. The SMILES string of the molecule is Cc1ccc(C(CN)Nc2ccccc2)cc1. The molecule has 1 atom stereocenters. The van der Waals surface area contributed by atoms with Crippen LogP contribution in [-0.4, -0.2) is 6.54 Å². The van der Waals surface area contributed by atoms with Gasteiger partial charge < -0.3 is 11.1 Å². The molecular formula is C15H18N2. The van der Waals surface area contributed by atoms with E-state index in [2.05, 4.69) is 48.6 Å². The summed E-state index contributed by atoms with van der Waals surface area (Å²) < 4.78 is 0. The summed E-state index contributed by atoms with van der Waals surface area (Å²) >= 11 is 0. The van der Waals surface area contributed by atoms with Gasteiger partial charge in [-0.05, 0) is 24.6 Å². The first-order valence-corrected chi connectivity index (χ1v) is 5.88. The second-order valence-electron chi connectivity index (χ2n) is 4.21. The van der Waals surface area contributed by atoms with Crippen molar-refractivity contribution < 1.29 is 0 Å². The summed E-state index contributed by atoms with van der Waals surface area (Å²) in [6.07, 6.45) is 0. The Morgan fingerprint density at radius 2 is 1.65 bits per heavy atom. The molecule has 2 aromatic rings. The van der Waals surface area contributed by atoms with E-state index in [1.807, 2.05) is 18.2 Å². The maximum absolute atomic E-state index is 5.83. The van der Waals surface area contributed by atoms with Crippen LogP contribution in [0.3, 0.4) is 0 Å². The minimum atomic E-state index is 0.165. The molecule has 0 aliphatic heterocycles. The molecule has 0 saturated carbocycles. The summed E-state index contributed by atoms with van der Waals surface area (Å²) in [4.78, 5) is 0. The molecule has 0 spiro atoms. The number of para-hydroxylation sites is 1. The molecule has 0 amide bonds. The van der Waals surface area contributed by atoms with E-state index in [1.165, 1.54) is 11.1 Å². The maximum atomic E-state index is 5.83. The second-order valence-corrected chi connectivity index (χ2v) is 4.21. The standard InChI is InChI=1S/C15H18N2/c1-12-7-9-13(10-8-12)15(11-16)17-14-5-3-2-4-6-14/h2-10,15,17H,11,16H2,1H3. The van der Waals surface area contributed by atoms with Gasteiger partial charge in [0.15, 0.2) is 0 Å². The molecule has 0 radical (unpaired) electrons. The van der Waals surface area contributed by atoms with Crippen LogP contribution in [0.15, 0.2) is 54.6 Å². The van der Waals surface area contributed by atoms with E-state index in [0.717, 1.165) is 5.69 Å². The summed E-state index contributed by atoms with van der Waals surface area (Å²) in [6, 6.07) is 18.8. The first-order chi connectivity index (χ1) is 8.29. The third-order valence-corrected chi connectivity index (χ3v) is 2.83. The third-order valence-electron chi connectivity index (χ3n) is 2.83. The molecule has 3 N–H and O–H groups in total. The van der Waals surface area contributed by atoms with Crippen LogP contribution < -0.4 is 11.1 Å². The Labute approximate surface area is 102 Å². The van der Waals surface area contributed by atoms with Crippen molar-refractivity contribution in [2.24, 2.45) is 5.73 Å². The van der Waals surface area contributed by atoms with Gasteiger partial charge in [0.1, 0.15) is 0 Å². The zero-order chi connectivity index (χ0) is 12.1. The Morgan fingerprint density at radius 1 is 1.00 bits per heavy atom. The van der Waals surface area contributed by atoms with Gasteiger partial charge in [0.25, 0.3) is 0 Å². The molecule has 0 fully saturated rings. The van der Waals surface area contributed by atoms with E-state index in [9.17, 15) is 0 Å². The van der Waals surface area contributed by atoms with Crippen molar-refractivity contribution in [2.75, 3.05) is 11.9 Å². The Hall–Kier alpha value is -1.80. The Kier molecular flexibility index (Phi) is 3.78. The number of aryl methyl sites for hydroxylation is 1. The van der Waals surface area contributed by atoms with Gasteiger partial charge in [-0.3, -0.25) is 0 Å². The van der Waals surface area contributed by atoms with Crippen LogP contribution in [0.4, 0.5) is 5.69 Å². The van der Waals surface area contributed by atoms with E-state index < -0.39 is 0 Å². The van der Waals surface area contributed by atoms with Gasteiger partial charge in [-0.1, -0.05) is 48.0 Å². The number of nitrogens with one attached hydrogen (secondary N) is 1. The zero-order valence-electron chi connectivity index (χ0n) is 10.1. The molecule has 2 rings (SSSR count). The first-order valence-electron chi connectivity index (χ1n) is 5.88. The van der Waals surface area contributed by atoms with Crippen LogP contribution in [0.5, 0.6) is 0 Å². The quantitative estimate of drug-likeness (QED) is 0.840. The molecule has 1 unspecified atom stereocenters. The molecule has 2 nitrogen and oxygen atoms in total. The molecule has 0 heterocycles. The van der Waals surface area contributed by atoms with Gasteiger partial charge in [-0.25, -0.2) is 0 Å². The molecule has 0 aliphatic carbocycles. The number of hydrogen-bond donors (Lipinski definition) is 2. The van der Waals surface area contributed by atoms with Crippen molar-refractivity contribution in [3.8, 4) is 0 Å². The predicted molar refractivity (Wildman–Crippen MR) is 73.0 cm³/mol. The summed E-state index contributed by atoms with van der Waals surface area (Å²) in [6.45, 7) is 2.67. The van der Waals surface area contributed by atoms with Crippen LogP contribution in [0, 0.1) is 6.92 Å². The van der Waals surface area contributed by atoms with E-state index in [1.54, 1.807) is 0 Å². The highest BCUT2D eigenvalue weighted by Crippen LogP contribution is 2.18. The van der Waals surface area contributed by atoms with Crippen molar-refractivity contribution in [2.45, 2.75) is 13.0 Å². The molecule has 17 heavy (non-hydrogen) atoms. The number of rotatable bonds is 4. The van der Waals surface area contributed by atoms with Gasteiger partial charge in [0.2, 0.25) is 0 Å². The number of anilines is 1. The van der Waals surface area contributed by atoms with Crippen LogP contribution >= 0.6 is 0 Å². The lowest BCUT2D eigenvalue weighted by molar-refractivity contribution is 0.790. The molecule has 0 aromatic heterocycles. The average molecular weight is 226 g/mol. The summed E-state index contributed by atoms with van der Waals surface area (Å²) in [5, 5.41) is 3.44. The molecule has 2 heteroatoms. The van der Waals surface area contributed by atoms with Crippen LogP contribution in [0.2, 0.25) is 0 Å². The topological polar surface area (TPSA) is 38.0 Å². The van der Waals surface area contributed by atoms with Gasteiger partial charge in [-0.15, -0.1) is 0 Å². The van der Waals surface area contributed by atoms with Gasteiger partial charge >= 0.3 is 0 Å². The Bertz CT molecular complexity index is 448. The fourth-order valence-corrected chi connectivity index (χ4v) is 1.81. The lowest BCUT2D eigenvalue weighted by atomic mass is 10.0. The highest BCUT2D eigenvalue weighted by molar-refractivity contribution is 5.45. The van der Waals surface area contributed by atoms with Crippen molar-refractivity contribution in [3.05, 3.63) is 65.7 Å².